The van der Waals surface area contributed by atoms with Gasteiger partial charge in [-0.3, -0.25) is 0 Å². The van der Waals surface area contributed by atoms with Crippen molar-refractivity contribution in [2.45, 2.75) is 46.5 Å². The average Bonchev–Trinajstić information content (AvgIpc) is 2.67. The summed E-state index contributed by atoms with van der Waals surface area (Å²) in [6, 6.07) is 10.0. The van der Waals surface area contributed by atoms with Gasteiger partial charge in [0.05, 0.1) is 0 Å². The minimum absolute atomic E-state index is 0.972. The Labute approximate surface area is 98.5 Å². The number of hydrogen-bond donors (Lipinski definition) is 0. The first kappa shape index (κ1) is 12.8. The Morgan fingerprint density at radius 3 is 2.19 bits per heavy atom. The minimum Gasteiger partial charge on any atom is -0.461 e. The fraction of sp³-hybridized carbons (Fsp3) is 0.467. The van der Waals surface area contributed by atoms with Crippen LogP contribution in [0.25, 0.3) is 11.0 Å². The average molecular weight is 218 g/mol. The number of para-hydroxylation sites is 1. The molecule has 0 saturated carbocycles. The highest BCUT2D eigenvalue weighted by atomic mass is 16.3. The number of rotatable bonds is 3. The molecule has 0 amide bonds. The molecule has 0 aliphatic carbocycles. The molecule has 1 heteroatoms. The van der Waals surface area contributed by atoms with Gasteiger partial charge in [-0.15, -0.1) is 0 Å². The zero-order valence-electron chi connectivity index (χ0n) is 10.6. The minimum atomic E-state index is 0.972. The summed E-state index contributed by atoms with van der Waals surface area (Å²) in [7, 11) is 0. The first-order chi connectivity index (χ1) is 7.77. The molecule has 0 N–H and O–H groups in total. The summed E-state index contributed by atoms with van der Waals surface area (Å²) < 4.78 is 5.37. The van der Waals surface area contributed by atoms with Crippen LogP contribution in [0.5, 0.6) is 0 Å². The van der Waals surface area contributed by atoms with Crippen molar-refractivity contribution in [3.8, 4) is 0 Å². The summed E-state index contributed by atoms with van der Waals surface area (Å²) in [4.78, 5) is 0. The first-order valence-electron chi connectivity index (χ1n) is 6.23. The third-order valence-corrected chi connectivity index (χ3v) is 2.51. The summed E-state index contributed by atoms with van der Waals surface area (Å²) in [6.07, 6.45) is 5.54. The number of hydrogen-bond acceptors (Lipinski definition) is 1. The van der Waals surface area contributed by atoms with Gasteiger partial charge in [0.15, 0.2) is 0 Å². The largest absolute Gasteiger partial charge is 0.461 e. The van der Waals surface area contributed by atoms with E-state index in [0.29, 0.717) is 0 Å². The molecule has 0 bridgehead atoms. The number of fused-ring (bicyclic) bond motifs is 1. The smallest absolute Gasteiger partial charge is 0.134 e. The molecule has 1 aromatic carbocycles. The Morgan fingerprint density at radius 2 is 1.62 bits per heavy atom. The maximum atomic E-state index is 5.37. The summed E-state index contributed by atoms with van der Waals surface area (Å²) >= 11 is 0. The van der Waals surface area contributed by atoms with Crippen molar-refractivity contribution in [1.82, 2.24) is 0 Å². The van der Waals surface area contributed by atoms with Gasteiger partial charge in [0, 0.05) is 5.39 Å². The predicted molar refractivity (Wildman–Crippen MR) is 70.8 cm³/mol. The molecule has 2 aromatic rings. The predicted octanol–water partition coefficient (Wildman–Crippen LogP) is 5.33. The number of aryl methyl sites for hydroxylation is 1. The third kappa shape index (κ3) is 4.09. The van der Waals surface area contributed by atoms with Crippen LogP contribution in [0, 0.1) is 6.92 Å². The van der Waals surface area contributed by atoms with Crippen LogP contribution in [-0.2, 0) is 0 Å². The molecule has 2 rings (SSSR count). The molecule has 1 aromatic heterocycles. The van der Waals surface area contributed by atoms with Crippen molar-refractivity contribution < 1.29 is 4.42 Å². The normalized spacial score (nSPS) is 9.94. The Morgan fingerprint density at radius 1 is 1.00 bits per heavy atom. The van der Waals surface area contributed by atoms with Crippen LogP contribution in [0.4, 0.5) is 0 Å². The molecule has 0 radical (unpaired) electrons. The van der Waals surface area contributed by atoms with E-state index in [1.807, 2.05) is 37.3 Å². The van der Waals surface area contributed by atoms with Crippen LogP contribution in [0.15, 0.2) is 34.7 Å². The van der Waals surface area contributed by atoms with E-state index in [0.717, 1.165) is 11.3 Å². The lowest BCUT2D eigenvalue weighted by atomic mass is 10.2. The Balaban J connectivity index is 0.000000187. The molecular formula is C15H22O. The van der Waals surface area contributed by atoms with Crippen molar-refractivity contribution in [1.29, 1.82) is 0 Å². The topological polar surface area (TPSA) is 13.1 Å². The van der Waals surface area contributed by atoms with Gasteiger partial charge in [0.1, 0.15) is 11.3 Å². The lowest BCUT2D eigenvalue weighted by Crippen LogP contribution is -1.66. The molecule has 0 fully saturated rings. The molecule has 0 atom stereocenters. The number of benzene rings is 1. The van der Waals surface area contributed by atoms with Gasteiger partial charge >= 0.3 is 0 Å². The summed E-state index contributed by atoms with van der Waals surface area (Å²) in [5.41, 5.74) is 0.972. The van der Waals surface area contributed by atoms with Crippen molar-refractivity contribution >= 4 is 11.0 Å². The maximum Gasteiger partial charge on any atom is 0.134 e. The Bertz CT molecular complexity index is 363. The van der Waals surface area contributed by atoms with Crippen LogP contribution < -0.4 is 0 Å². The van der Waals surface area contributed by atoms with Gasteiger partial charge in [-0.1, -0.05) is 57.7 Å². The SMILES string of the molecule is CCCCCC.Cc1cc2ccccc2o1. The first-order valence-corrected chi connectivity index (χ1v) is 6.23. The molecule has 16 heavy (non-hydrogen) atoms. The standard InChI is InChI=1S/C9H8O.C6H14/c1-7-6-8-4-2-3-5-9(8)10-7;1-3-5-6-4-2/h2-6H,1H3;3-6H2,1-2H3. The van der Waals surface area contributed by atoms with Gasteiger partial charge < -0.3 is 4.42 Å². The van der Waals surface area contributed by atoms with Crippen molar-refractivity contribution in [3.05, 3.63) is 36.1 Å². The highest BCUT2D eigenvalue weighted by molar-refractivity contribution is 5.77. The van der Waals surface area contributed by atoms with E-state index in [2.05, 4.69) is 13.8 Å². The van der Waals surface area contributed by atoms with Gasteiger partial charge in [-0.25, -0.2) is 0 Å². The fourth-order valence-corrected chi connectivity index (χ4v) is 1.61. The molecule has 0 unspecified atom stereocenters. The zero-order valence-corrected chi connectivity index (χ0v) is 10.6. The molecule has 88 valence electrons. The quantitative estimate of drug-likeness (QED) is 0.635. The van der Waals surface area contributed by atoms with Gasteiger partial charge in [-0.2, -0.15) is 0 Å². The fourth-order valence-electron chi connectivity index (χ4n) is 1.61. The van der Waals surface area contributed by atoms with Crippen LogP contribution in [0.3, 0.4) is 0 Å². The lowest BCUT2D eigenvalue weighted by Gasteiger charge is -1.86. The second kappa shape index (κ2) is 7.10. The van der Waals surface area contributed by atoms with E-state index in [4.69, 9.17) is 4.42 Å². The summed E-state index contributed by atoms with van der Waals surface area (Å²) in [5, 5.41) is 1.18. The van der Waals surface area contributed by atoms with Gasteiger partial charge in [0.2, 0.25) is 0 Å². The van der Waals surface area contributed by atoms with Crippen LogP contribution in [0.2, 0.25) is 0 Å². The van der Waals surface area contributed by atoms with Crippen LogP contribution in [-0.4, -0.2) is 0 Å². The maximum absolute atomic E-state index is 5.37. The van der Waals surface area contributed by atoms with E-state index in [9.17, 15) is 0 Å². The lowest BCUT2D eigenvalue weighted by molar-refractivity contribution is 0.578. The van der Waals surface area contributed by atoms with Gasteiger partial charge in [-0.05, 0) is 19.1 Å². The van der Waals surface area contributed by atoms with Crippen molar-refractivity contribution in [3.63, 3.8) is 0 Å². The van der Waals surface area contributed by atoms with Gasteiger partial charge in [0.25, 0.3) is 0 Å². The van der Waals surface area contributed by atoms with Crippen LogP contribution >= 0.6 is 0 Å². The van der Waals surface area contributed by atoms with E-state index >= 15 is 0 Å². The molecule has 0 aliphatic rings. The Kier molecular flexibility index (Phi) is 5.69. The zero-order chi connectivity index (χ0) is 11.8. The summed E-state index contributed by atoms with van der Waals surface area (Å²) in [5.74, 6) is 0.973. The number of furan rings is 1. The van der Waals surface area contributed by atoms with Crippen LogP contribution in [0.1, 0.15) is 45.3 Å². The molecular weight excluding hydrogens is 196 g/mol. The van der Waals surface area contributed by atoms with E-state index in [1.54, 1.807) is 0 Å². The monoisotopic (exact) mass is 218 g/mol. The highest BCUT2D eigenvalue weighted by Gasteiger charge is 1.95. The second-order valence-corrected chi connectivity index (χ2v) is 4.10. The summed E-state index contributed by atoms with van der Waals surface area (Å²) in [6.45, 7) is 6.42. The molecule has 0 spiro atoms. The van der Waals surface area contributed by atoms with Crippen molar-refractivity contribution in [2.75, 3.05) is 0 Å². The third-order valence-electron chi connectivity index (χ3n) is 2.51. The molecule has 0 saturated heterocycles. The van der Waals surface area contributed by atoms with E-state index in [1.165, 1.54) is 31.1 Å². The van der Waals surface area contributed by atoms with Crippen molar-refractivity contribution in [2.24, 2.45) is 0 Å². The molecule has 0 aliphatic heterocycles. The highest BCUT2D eigenvalue weighted by Crippen LogP contribution is 2.17. The Hall–Kier alpha value is -1.24. The number of unbranched alkanes of at least 4 members (excludes halogenated alkanes) is 3. The van der Waals surface area contributed by atoms with E-state index in [-0.39, 0.29) is 0 Å². The molecule has 1 nitrogen and oxygen atoms in total. The second-order valence-electron chi connectivity index (χ2n) is 4.10. The van der Waals surface area contributed by atoms with E-state index < -0.39 is 0 Å². The molecule has 1 heterocycles.